The van der Waals surface area contributed by atoms with Crippen LogP contribution >= 0.6 is 11.3 Å². The Hall–Kier alpha value is -4.89. The summed E-state index contributed by atoms with van der Waals surface area (Å²) < 4.78 is 33.7. The Bertz CT molecular complexity index is 2120. The van der Waals surface area contributed by atoms with Gasteiger partial charge in [-0.05, 0) is 61.3 Å². The van der Waals surface area contributed by atoms with Crippen molar-refractivity contribution in [3.05, 3.63) is 105 Å². The summed E-state index contributed by atoms with van der Waals surface area (Å²) in [4.78, 5) is 49.2. The van der Waals surface area contributed by atoms with Gasteiger partial charge >= 0.3 is 0 Å². The summed E-state index contributed by atoms with van der Waals surface area (Å²) >= 11 is 1.53. The number of likely N-dealkylation sites (tertiary alicyclic amines) is 1. The van der Waals surface area contributed by atoms with E-state index in [1.807, 2.05) is 63.7 Å². The van der Waals surface area contributed by atoms with Gasteiger partial charge in [-0.15, -0.1) is 11.3 Å². The molecule has 3 amide bonds. The molecular weight excluding hydrogens is 798 g/mol. The van der Waals surface area contributed by atoms with Crippen LogP contribution in [0, 0.1) is 5.82 Å². The van der Waals surface area contributed by atoms with Crippen LogP contribution in [0.25, 0.3) is 0 Å². The van der Waals surface area contributed by atoms with Gasteiger partial charge in [0.2, 0.25) is 5.91 Å². The Balaban J connectivity index is 0.836. The van der Waals surface area contributed by atoms with E-state index in [9.17, 15) is 19.5 Å². The highest BCUT2D eigenvalue weighted by Gasteiger charge is 2.41. The molecule has 0 bridgehead atoms. The summed E-state index contributed by atoms with van der Waals surface area (Å²) in [7, 11) is 0. The lowest BCUT2D eigenvalue weighted by Crippen LogP contribution is -2.58. The number of hydrogen-bond donors (Lipinski definition) is 2. The molecule has 0 atom stereocenters. The highest BCUT2D eigenvalue weighted by molar-refractivity contribution is 7.09. The van der Waals surface area contributed by atoms with Gasteiger partial charge in [-0.2, -0.15) is 0 Å². The van der Waals surface area contributed by atoms with Crippen LogP contribution in [-0.4, -0.2) is 107 Å². The summed E-state index contributed by atoms with van der Waals surface area (Å²) in [6.07, 6.45) is 5.43. The number of aryl methyl sites for hydroxylation is 1. The fourth-order valence-electron chi connectivity index (χ4n) is 8.35. The van der Waals surface area contributed by atoms with Crippen LogP contribution in [-0.2, 0) is 45.0 Å². The lowest BCUT2D eigenvalue weighted by molar-refractivity contribution is -0.133. The quantitative estimate of drug-likeness (QED) is 0.0780. The van der Waals surface area contributed by atoms with Crippen LogP contribution in [0.3, 0.4) is 0 Å². The monoisotopic (exact) mass is 855 g/mol. The van der Waals surface area contributed by atoms with Crippen molar-refractivity contribution in [2.24, 2.45) is 0 Å². The molecule has 2 saturated heterocycles. The molecule has 3 aliphatic rings. The number of ether oxygens (including phenoxy) is 3. The van der Waals surface area contributed by atoms with Crippen LogP contribution in [0.15, 0.2) is 66.0 Å². The van der Waals surface area contributed by atoms with Crippen molar-refractivity contribution in [2.75, 3.05) is 64.5 Å². The summed E-state index contributed by atoms with van der Waals surface area (Å²) in [5.41, 5.74) is 3.67. The van der Waals surface area contributed by atoms with E-state index in [4.69, 9.17) is 14.2 Å². The van der Waals surface area contributed by atoms with Gasteiger partial charge in [0, 0.05) is 56.1 Å². The molecule has 4 heterocycles. The van der Waals surface area contributed by atoms with Gasteiger partial charge in [-0.1, -0.05) is 74.9 Å². The number of fused-ring (bicyclic) bond motifs is 1. The standard InChI is InChI=1S/C47H58FN5O7S/c1-33(2)45-49-38(31-61-45)46(57)53-24-27-60-47(32-53)19-22-51(23-20-47)29-37-14-9-13-35(42(37)48)17-25-58-26-18-41(56)52(28-34-10-5-3-6-11-34)21-8-4-7-12-36-15-16-39(54)43-44(36)59-30-40(55)50-43/h3,5-6,9-11,13-16,31,33,54H,4,7-8,12,17-30,32H2,1-2H3,(H,50,55). The minimum Gasteiger partial charge on any atom is -0.506 e. The van der Waals surface area contributed by atoms with Crippen molar-refractivity contribution in [1.29, 1.82) is 0 Å². The molecule has 2 N–H and O–H groups in total. The van der Waals surface area contributed by atoms with Gasteiger partial charge in [0.15, 0.2) is 12.4 Å². The van der Waals surface area contributed by atoms with E-state index >= 15 is 4.39 Å². The molecule has 61 heavy (non-hydrogen) atoms. The second-order valence-electron chi connectivity index (χ2n) is 16.7. The predicted molar refractivity (Wildman–Crippen MR) is 232 cm³/mol. The topological polar surface area (TPSA) is 134 Å². The number of amides is 3. The molecule has 14 heteroatoms. The van der Waals surface area contributed by atoms with Crippen LogP contribution in [0.1, 0.15) is 96.0 Å². The number of halogens is 1. The van der Waals surface area contributed by atoms with Crippen molar-refractivity contribution >= 4 is 34.7 Å². The van der Waals surface area contributed by atoms with E-state index in [2.05, 4.69) is 29.0 Å². The van der Waals surface area contributed by atoms with E-state index < -0.39 is 5.60 Å². The number of benzene rings is 3. The number of morpholine rings is 1. The average Bonchev–Trinajstić information content (AvgIpc) is 3.77. The number of rotatable bonds is 18. The normalized spacial score (nSPS) is 16.3. The Morgan fingerprint density at radius 2 is 1.79 bits per heavy atom. The number of carbonyl (C=O) groups excluding carboxylic acids is 3. The predicted octanol–water partition coefficient (Wildman–Crippen LogP) is 7.34. The number of nitrogens with one attached hydrogen (secondary N) is 1. The zero-order chi connectivity index (χ0) is 42.8. The fourth-order valence-corrected chi connectivity index (χ4v) is 9.15. The van der Waals surface area contributed by atoms with E-state index in [0.717, 1.165) is 61.3 Å². The van der Waals surface area contributed by atoms with Gasteiger partial charge in [0.25, 0.3) is 11.8 Å². The first-order chi connectivity index (χ1) is 29.6. The van der Waals surface area contributed by atoms with Gasteiger partial charge in [-0.3, -0.25) is 19.3 Å². The summed E-state index contributed by atoms with van der Waals surface area (Å²) in [6.45, 7) is 9.32. The zero-order valence-corrected chi connectivity index (χ0v) is 36.2. The SMILES string of the molecule is CC(C)c1nc(C(=O)N2CCOC3(CCN(Cc4cccc(CCOCCC(=O)N(CCCCCc5ccc(O)c6c5OCC(=O)N6)Cc5ccccc5)c4F)CC3)C2)cs1. The maximum atomic E-state index is 15.8. The number of carbonyl (C=O) groups is 3. The Kier molecular flexibility index (Phi) is 15.1. The number of phenolic OH excluding ortho intramolecular Hbond substituents is 1. The first-order valence-electron chi connectivity index (χ1n) is 21.6. The van der Waals surface area contributed by atoms with E-state index in [1.54, 1.807) is 12.1 Å². The summed E-state index contributed by atoms with van der Waals surface area (Å²) in [5.74, 6) is 0.261. The van der Waals surface area contributed by atoms with Crippen molar-refractivity contribution in [2.45, 2.75) is 89.8 Å². The molecule has 4 aromatic rings. The molecule has 12 nitrogen and oxygen atoms in total. The van der Waals surface area contributed by atoms with E-state index in [1.165, 1.54) is 11.3 Å². The number of hydrogen-bond acceptors (Lipinski definition) is 10. The lowest BCUT2D eigenvalue weighted by atomic mass is 9.89. The largest absolute Gasteiger partial charge is 0.506 e. The highest BCUT2D eigenvalue weighted by atomic mass is 32.1. The third kappa shape index (κ3) is 11.5. The number of aromatic hydroxyl groups is 1. The van der Waals surface area contributed by atoms with Gasteiger partial charge < -0.3 is 34.4 Å². The first kappa shape index (κ1) is 44.2. The smallest absolute Gasteiger partial charge is 0.273 e. The molecule has 7 rings (SSSR count). The molecule has 0 saturated carbocycles. The summed E-state index contributed by atoms with van der Waals surface area (Å²) in [6, 6.07) is 18.9. The number of unbranched alkanes of at least 4 members (excludes halogenated alkanes) is 2. The van der Waals surface area contributed by atoms with Crippen LogP contribution in [0.5, 0.6) is 11.5 Å². The van der Waals surface area contributed by atoms with Gasteiger partial charge in [0.05, 0.1) is 43.4 Å². The third-order valence-corrected chi connectivity index (χ3v) is 13.0. The fraction of sp³-hybridized carbons (Fsp3) is 0.489. The molecule has 0 aliphatic carbocycles. The second-order valence-corrected chi connectivity index (χ2v) is 17.5. The minimum absolute atomic E-state index is 0.00900. The van der Waals surface area contributed by atoms with Gasteiger partial charge in [-0.25, -0.2) is 9.37 Å². The average molecular weight is 856 g/mol. The van der Waals surface area contributed by atoms with Crippen LogP contribution in [0.2, 0.25) is 0 Å². The Morgan fingerprint density at radius 3 is 2.57 bits per heavy atom. The van der Waals surface area contributed by atoms with Crippen LogP contribution < -0.4 is 10.1 Å². The zero-order valence-electron chi connectivity index (χ0n) is 35.3. The minimum atomic E-state index is -0.395. The molecular formula is C47H58FN5O7S. The van der Waals surface area contributed by atoms with Crippen molar-refractivity contribution in [1.82, 2.24) is 19.7 Å². The Morgan fingerprint density at radius 1 is 0.984 bits per heavy atom. The van der Waals surface area contributed by atoms with Crippen molar-refractivity contribution in [3.63, 3.8) is 0 Å². The molecule has 0 radical (unpaired) electrons. The molecule has 0 unspecified atom stereocenters. The van der Waals surface area contributed by atoms with E-state index in [-0.39, 0.29) is 54.8 Å². The van der Waals surface area contributed by atoms with E-state index in [0.29, 0.717) is 87.0 Å². The first-order valence-corrected chi connectivity index (χ1v) is 22.5. The lowest BCUT2D eigenvalue weighted by Gasteiger charge is -2.47. The Labute approximate surface area is 362 Å². The molecule has 3 aromatic carbocycles. The summed E-state index contributed by atoms with van der Waals surface area (Å²) in [5, 5.41) is 15.7. The third-order valence-electron chi connectivity index (χ3n) is 11.8. The number of phenols is 1. The van der Waals surface area contributed by atoms with Crippen molar-refractivity contribution in [3.8, 4) is 11.5 Å². The van der Waals surface area contributed by atoms with Crippen LogP contribution in [0.4, 0.5) is 10.1 Å². The molecule has 1 spiro atoms. The molecule has 1 aromatic heterocycles. The number of nitrogens with zero attached hydrogens (tertiary/aromatic N) is 4. The maximum absolute atomic E-state index is 15.8. The second kappa shape index (κ2) is 20.8. The van der Waals surface area contributed by atoms with Gasteiger partial charge in [0.1, 0.15) is 22.9 Å². The highest BCUT2D eigenvalue weighted by Crippen LogP contribution is 2.40. The van der Waals surface area contributed by atoms with Crippen molar-refractivity contribution < 1.29 is 38.1 Å². The number of piperidine rings is 1. The number of anilines is 1. The molecule has 3 aliphatic heterocycles. The molecule has 326 valence electrons. The number of thiazole rings is 1. The maximum Gasteiger partial charge on any atom is 0.273 e. The molecule has 2 fully saturated rings. The number of aromatic nitrogens is 1.